The molecule has 2 aromatic carbocycles. The first-order valence-electron chi connectivity index (χ1n) is 10.9. The minimum atomic E-state index is -4.12. The molecule has 0 spiro atoms. The second kappa shape index (κ2) is 10.2. The molecule has 0 unspecified atom stereocenters. The molecule has 1 aliphatic heterocycles. The Morgan fingerprint density at radius 1 is 1.00 bits per heavy atom. The Morgan fingerprint density at radius 3 is 2.27 bits per heavy atom. The fourth-order valence-corrected chi connectivity index (χ4v) is 5.14. The van der Waals surface area contributed by atoms with Crippen LogP contribution in [0.25, 0.3) is 0 Å². The van der Waals surface area contributed by atoms with Gasteiger partial charge in [-0.25, -0.2) is 12.7 Å². The fraction of sp³-hybridized carbons (Fsp3) is 0.375. The highest BCUT2D eigenvalue weighted by atomic mass is 32.2. The lowest BCUT2D eigenvalue weighted by molar-refractivity contribution is -0.139. The Labute approximate surface area is 194 Å². The summed E-state index contributed by atoms with van der Waals surface area (Å²) in [6.07, 6.45) is 0.481. The Hall–Kier alpha value is -3.20. The molecule has 1 N–H and O–H groups in total. The van der Waals surface area contributed by atoms with E-state index in [1.807, 2.05) is 44.2 Å². The highest BCUT2D eigenvalue weighted by Crippen LogP contribution is 2.29. The normalized spacial score (nSPS) is 15.3. The molecular formula is C24H29N3O5S. The third kappa shape index (κ3) is 5.42. The minimum absolute atomic E-state index is 0.0452. The Balaban J connectivity index is 1.81. The van der Waals surface area contributed by atoms with Crippen LogP contribution in [0.5, 0.6) is 0 Å². The molecular weight excluding hydrogens is 442 g/mol. The summed E-state index contributed by atoms with van der Waals surface area (Å²) in [4.78, 5) is 39.9. The molecule has 9 heteroatoms. The molecule has 0 fully saturated rings. The van der Waals surface area contributed by atoms with Gasteiger partial charge in [0.05, 0.1) is 5.56 Å². The highest BCUT2D eigenvalue weighted by molar-refractivity contribution is 7.90. The molecule has 0 saturated heterocycles. The summed E-state index contributed by atoms with van der Waals surface area (Å²) in [7, 11) is -4.12. The third-order valence-corrected chi connectivity index (χ3v) is 7.31. The molecule has 0 radical (unpaired) electrons. The second-order valence-electron chi connectivity index (χ2n) is 8.45. The highest BCUT2D eigenvalue weighted by Gasteiger charge is 2.43. The first kappa shape index (κ1) is 24.4. The van der Waals surface area contributed by atoms with Crippen molar-refractivity contribution in [1.29, 1.82) is 0 Å². The SMILES string of the molecule is CC(C)CNC(=O)[C@H](C)N(CCc1ccccc1)C(=O)CN1C(=O)c2ccccc2S1(=O)=O. The van der Waals surface area contributed by atoms with Crippen LogP contribution in [0.2, 0.25) is 0 Å². The molecule has 8 nitrogen and oxygen atoms in total. The number of sulfonamides is 1. The molecule has 176 valence electrons. The molecule has 1 aliphatic rings. The average Bonchev–Trinajstić information content (AvgIpc) is 2.99. The zero-order chi connectivity index (χ0) is 24.2. The van der Waals surface area contributed by atoms with Gasteiger partial charge in [0.15, 0.2) is 0 Å². The average molecular weight is 472 g/mol. The predicted octanol–water partition coefficient (Wildman–Crippen LogP) is 2.06. The van der Waals surface area contributed by atoms with Crippen molar-refractivity contribution >= 4 is 27.7 Å². The Morgan fingerprint density at radius 2 is 1.64 bits per heavy atom. The largest absolute Gasteiger partial charge is 0.354 e. The number of rotatable bonds is 9. The van der Waals surface area contributed by atoms with Gasteiger partial charge in [-0.3, -0.25) is 14.4 Å². The summed E-state index contributed by atoms with van der Waals surface area (Å²) in [5, 5.41) is 2.82. The molecule has 0 aliphatic carbocycles. The maximum atomic E-state index is 13.3. The molecule has 2 aromatic rings. The van der Waals surface area contributed by atoms with Crippen LogP contribution in [-0.2, 0) is 26.0 Å². The van der Waals surface area contributed by atoms with Crippen LogP contribution in [0.4, 0.5) is 0 Å². The van der Waals surface area contributed by atoms with Gasteiger partial charge in [-0.2, -0.15) is 0 Å². The van der Waals surface area contributed by atoms with Gasteiger partial charge in [-0.1, -0.05) is 56.3 Å². The standard InChI is InChI=1S/C24H29N3O5S/c1-17(2)15-25-23(29)18(3)26(14-13-19-9-5-4-6-10-19)22(28)16-27-24(30)20-11-7-8-12-21(20)33(27,31)32/h4-12,17-18H,13-16H2,1-3H3,(H,25,29)/t18-/m0/s1. The number of amides is 3. The van der Waals surface area contributed by atoms with Gasteiger partial charge in [-0.15, -0.1) is 0 Å². The summed E-state index contributed by atoms with van der Waals surface area (Å²) in [6.45, 7) is 5.53. The van der Waals surface area contributed by atoms with Crippen LogP contribution in [0, 0.1) is 5.92 Å². The lowest BCUT2D eigenvalue weighted by Crippen LogP contribution is -2.52. The molecule has 3 amide bonds. The van der Waals surface area contributed by atoms with E-state index in [4.69, 9.17) is 0 Å². The van der Waals surface area contributed by atoms with Gasteiger partial charge in [0.1, 0.15) is 17.5 Å². The number of carbonyl (C=O) groups excluding carboxylic acids is 3. The summed E-state index contributed by atoms with van der Waals surface area (Å²) in [5.74, 6) is -1.44. The van der Waals surface area contributed by atoms with Crippen LogP contribution >= 0.6 is 0 Å². The van der Waals surface area contributed by atoms with Crippen molar-refractivity contribution in [1.82, 2.24) is 14.5 Å². The first-order chi connectivity index (χ1) is 15.6. The summed E-state index contributed by atoms with van der Waals surface area (Å²) in [6, 6.07) is 14.5. The quantitative estimate of drug-likeness (QED) is 0.603. The molecule has 0 bridgehead atoms. The smallest absolute Gasteiger partial charge is 0.269 e. The van der Waals surface area contributed by atoms with Crippen molar-refractivity contribution in [3.63, 3.8) is 0 Å². The van der Waals surface area contributed by atoms with Gasteiger partial charge in [0.2, 0.25) is 11.8 Å². The molecule has 33 heavy (non-hydrogen) atoms. The number of fused-ring (bicyclic) bond motifs is 1. The monoisotopic (exact) mass is 471 g/mol. The van der Waals surface area contributed by atoms with Crippen molar-refractivity contribution in [2.24, 2.45) is 5.92 Å². The van der Waals surface area contributed by atoms with E-state index in [1.54, 1.807) is 13.0 Å². The molecule has 1 heterocycles. The Kier molecular flexibility index (Phi) is 7.53. The van der Waals surface area contributed by atoms with Gasteiger partial charge in [0.25, 0.3) is 15.9 Å². The van der Waals surface area contributed by atoms with E-state index in [-0.39, 0.29) is 28.8 Å². The maximum Gasteiger partial charge on any atom is 0.269 e. The van der Waals surface area contributed by atoms with Crippen molar-refractivity contribution in [3.05, 3.63) is 65.7 Å². The van der Waals surface area contributed by atoms with Crippen molar-refractivity contribution < 1.29 is 22.8 Å². The van der Waals surface area contributed by atoms with Crippen molar-refractivity contribution in [2.75, 3.05) is 19.6 Å². The minimum Gasteiger partial charge on any atom is -0.354 e. The van der Waals surface area contributed by atoms with Crippen LogP contribution in [0.15, 0.2) is 59.5 Å². The number of carbonyl (C=O) groups is 3. The van der Waals surface area contributed by atoms with Crippen LogP contribution in [-0.4, -0.2) is 61.0 Å². The Bertz CT molecular complexity index is 1130. The van der Waals surface area contributed by atoms with E-state index in [1.165, 1.54) is 23.1 Å². The lowest BCUT2D eigenvalue weighted by atomic mass is 10.1. The third-order valence-electron chi connectivity index (χ3n) is 5.53. The van der Waals surface area contributed by atoms with Crippen molar-refractivity contribution in [3.8, 4) is 0 Å². The van der Waals surface area contributed by atoms with Gasteiger partial charge >= 0.3 is 0 Å². The molecule has 3 rings (SSSR count). The lowest BCUT2D eigenvalue weighted by Gasteiger charge is -2.30. The summed E-state index contributed by atoms with van der Waals surface area (Å²) in [5.41, 5.74) is 1.02. The zero-order valence-electron chi connectivity index (χ0n) is 19.0. The van der Waals surface area contributed by atoms with E-state index in [0.717, 1.165) is 5.56 Å². The van der Waals surface area contributed by atoms with E-state index < -0.39 is 34.4 Å². The van der Waals surface area contributed by atoms with Gasteiger partial charge in [-0.05, 0) is 37.0 Å². The van der Waals surface area contributed by atoms with E-state index in [9.17, 15) is 22.8 Å². The second-order valence-corrected chi connectivity index (χ2v) is 10.3. The van der Waals surface area contributed by atoms with Crippen LogP contribution in [0.3, 0.4) is 0 Å². The van der Waals surface area contributed by atoms with Crippen LogP contribution < -0.4 is 5.32 Å². The number of nitrogens with zero attached hydrogens (tertiary/aromatic N) is 2. The molecule has 0 aromatic heterocycles. The molecule has 0 saturated carbocycles. The topological polar surface area (TPSA) is 104 Å². The number of hydrogen-bond donors (Lipinski definition) is 1. The van der Waals surface area contributed by atoms with E-state index >= 15 is 0 Å². The zero-order valence-corrected chi connectivity index (χ0v) is 19.8. The predicted molar refractivity (Wildman–Crippen MR) is 124 cm³/mol. The fourth-order valence-electron chi connectivity index (χ4n) is 3.62. The van der Waals surface area contributed by atoms with E-state index in [0.29, 0.717) is 17.3 Å². The van der Waals surface area contributed by atoms with Crippen molar-refractivity contribution in [2.45, 2.75) is 38.1 Å². The maximum absolute atomic E-state index is 13.3. The van der Waals surface area contributed by atoms with E-state index in [2.05, 4.69) is 5.32 Å². The number of nitrogens with one attached hydrogen (secondary N) is 1. The number of hydrogen-bond acceptors (Lipinski definition) is 5. The van der Waals surface area contributed by atoms with Gasteiger partial charge < -0.3 is 10.2 Å². The molecule has 1 atom stereocenters. The van der Waals surface area contributed by atoms with Gasteiger partial charge in [0, 0.05) is 13.1 Å². The number of benzene rings is 2. The summed E-state index contributed by atoms with van der Waals surface area (Å²) < 4.78 is 26.3. The first-order valence-corrected chi connectivity index (χ1v) is 12.3. The van der Waals surface area contributed by atoms with Crippen LogP contribution in [0.1, 0.15) is 36.7 Å². The summed E-state index contributed by atoms with van der Waals surface area (Å²) >= 11 is 0.